The van der Waals surface area contributed by atoms with E-state index < -0.39 is 5.54 Å². The number of nitrogens with zero attached hydrogens (tertiary/aromatic N) is 1. The molecule has 0 saturated heterocycles. The Labute approximate surface area is 79.3 Å². The van der Waals surface area contributed by atoms with Crippen molar-refractivity contribution in [2.75, 3.05) is 7.11 Å². The van der Waals surface area contributed by atoms with Gasteiger partial charge >= 0.3 is 0 Å². The lowest BCUT2D eigenvalue weighted by molar-refractivity contribution is -0.675. The summed E-state index contributed by atoms with van der Waals surface area (Å²) in [5.41, 5.74) is -0.837. The first-order valence-corrected chi connectivity index (χ1v) is 4.53. The minimum absolute atomic E-state index is 0.371. The highest BCUT2D eigenvalue weighted by molar-refractivity contribution is 5.09. The summed E-state index contributed by atoms with van der Waals surface area (Å²) in [5.74, 6) is 0.905. The first kappa shape index (κ1) is 10.2. The van der Waals surface area contributed by atoms with Gasteiger partial charge in [0, 0.05) is 43.4 Å². The Bertz CT molecular complexity index is 264. The van der Waals surface area contributed by atoms with Crippen molar-refractivity contribution < 1.29 is 9.50 Å². The molecule has 0 atom stereocenters. The molecular weight excluding hydrogens is 166 g/mol. The van der Waals surface area contributed by atoms with Gasteiger partial charge in [-0.3, -0.25) is 0 Å². The molecule has 3 nitrogen and oxygen atoms in total. The van der Waals surface area contributed by atoms with E-state index in [2.05, 4.69) is 0 Å². The summed E-state index contributed by atoms with van der Waals surface area (Å²) in [6.07, 6.45) is 2.57. The van der Waals surface area contributed by atoms with Crippen molar-refractivity contribution in [1.82, 2.24) is 0 Å². The Morgan fingerprint density at radius 2 is 1.92 bits per heavy atom. The molecule has 1 aliphatic heterocycles. The predicted octanol–water partition coefficient (Wildman–Crippen LogP) is 2.26. The molecule has 0 aromatic heterocycles. The molecule has 0 fully saturated rings. The average molecular weight is 184 g/mol. The van der Waals surface area contributed by atoms with E-state index in [0.717, 1.165) is 10.5 Å². The highest BCUT2D eigenvalue weighted by atomic mass is 16.5. The van der Waals surface area contributed by atoms with Gasteiger partial charge in [-0.2, -0.15) is 0 Å². The predicted molar refractivity (Wildman–Crippen MR) is 51.5 cm³/mol. The third-order valence-electron chi connectivity index (χ3n) is 2.46. The standard InChI is InChI=1S/C10H18NO2/c1-9(2)6-8(13-5)7-10(3,4)11(9)12/h6H,7H2,1-5H3/q+1. The molecule has 1 rings (SSSR count). The molecule has 0 radical (unpaired) electrons. The molecule has 0 saturated carbocycles. The maximum Gasteiger partial charge on any atom is 0.227 e. The zero-order valence-electron chi connectivity index (χ0n) is 9.05. The first-order valence-electron chi connectivity index (χ1n) is 4.53. The van der Waals surface area contributed by atoms with Gasteiger partial charge in [-0.05, 0) is 0 Å². The van der Waals surface area contributed by atoms with Gasteiger partial charge in [0.05, 0.1) is 13.5 Å². The smallest absolute Gasteiger partial charge is 0.227 e. The van der Waals surface area contributed by atoms with Crippen LogP contribution in [0.5, 0.6) is 0 Å². The summed E-state index contributed by atoms with van der Waals surface area (Å²) in [7, 11) is 1.65. The number of methoxy groups -OCH3 is 1. The monoisotopic (exact) mass is 184 g/mol. The summed E-state index contributed by atoms with van der Waals surface area (Å²) in [6.45, 7) is 7.68. The number of hydrogen-bond acceptors (Lipinski definition) is 2. The van der Waals surface area contributed by atoms with Crippen molar-refractivity contribution in [2.24, 2.45) is 0 Å². The quantitative estimate of drug-likeness (QED) is 0.585. The van der Waals surface area contributed by atoms with Gasteiger partial charge in [-0.25, -0.2) is 0 Å². The van der Waals surface area contributed by atoms with Crippen LogP contribution in [0.3, 0.4) is 0 Å². The fourth-order valence-electron chi connectivity index (χ4n) is 1.91. The van der Waals surface area contributed by atoms with Crippen LogP contribution in [0.4, 0.5) is 0 Å². The van der Waals surface area contributed by atoms with Crippen molar-refractivity contribution in [3.05, 3.63) is 16.7 Å². The Morgan fingerprint density at radius 3 is 2.31 bits per heavy atom. The summed E-state index contributed by atoms with van der Waals surface area (Å²) in [4.78, 5) is 11.8. The van der Waals surface area contributed by atoms with Gasteiger partial charge < -0.3 is 4.74 Å². The van der Waals surface area contributed by atoms with Crippen LogP contribution in [-0.2, 0) is 4.74 Å². The molecule has 0 bridgehead atoms. The molecule has 0 unspecified atom stereocenters. The lowest BCUT2D eigenvalue weighted by Crippen LogP contribution is -2.49. The topological polar surface area (TPSA) is 29.3 Å². The fraction of sp³-hybridized carbons (Fsp3) is 0.800. The fourth-order valence-corrected chi connectivity index (χ4v) is 1.91. The highest BCUT2D eigenvalue weighted by Crippen LogP contribution is 2.33. The van der Waals surface area contributed by atoms with E-state index in [9.17, 15) is 4.91 Å². The second-order valence-electron chi connectivity index (χ2n) is 4.75. The molecular formula is C10H18NO2+. The first-order chi connectivity index (χ1) is 5.79. The van der Waals surface area contributed by atoms with Gasteiger partial charge in [0.1, 0.15) is 5.76 Å². The summed E-state index contributed by atoms with van der Waals surface area (Å²) >= 11 is 0. The molecule has 0 aromatic rings. The van der Waals surface area contributed by atoms with E-state index in [1.165, 1.54) is 0 Å². The zero-order chi connectivity index (χ0) is 10.3. The lowest BCUT2D eigenvalue weighted by Gasteiger charge is -2.29. The molecule has 1 aliphatic rings. The lowest BCUT2D eigenvalue weighted by atomic mass is 9.87. The number of ether oxygens (including phenoxy) is 1. The van der Waals surface area contributed by atoms with E-state index >= 15 is 0 Å². The van der Waals surface area contributed by atoms with Crippen molar-refractivity contribution in [2.45, 2.75) is 45.2 Å². The van der Waals surface area contributed by atoms with Gasteiger partial charge in [0.2, 0.25) is 11.1 Å². The van der Waals surface area contributed by atoms with Gasteiger partial charge in [-0.15, -0.1) is 0 Å². The number of rotatable bonds is 1. The molecule has 0 amide bonds. The second-order valence-corrected chi connectivity index (χ2v) is 4.75. The van der Waals surface area contributed by atoms with Crippen LogP contribution in [-0.4, -0.2) is 22.9 Å². The third-order valence-corrected chi connectivity index (χ3v) is 2.46. The molecule has 13 heavy (non-hydrogen) atoms. The molecule has 1 heterocycles. The minimum atomic E-state index is -0.465. The van der Waals surface area contributed by atoms with Crippen molar-refractivity contribution in [3.8, 4) is 0 Å². The second kappa shape index (κ2) is 2.82. The molecule has 74 valence electrons. The van der Waals surface area contributed by atoms with Crippen molar-refractivity contribution in [1.29, 1.82) is 0 Å². The van der Waals surface area contributed by atoms with E-state index in [1.54, 1.807) is 7.11 Å². The van der Waals surface area contributed by atoms with Crippen molar-refractivity contribution in [3.63, 3.8) is 0 Å². The van der Waals surface area contributed by atoms with Crippen LogP contribution in [0.25, 0.3) is 0 Å². The van der Waals surface area contributed by atoms with Crippen LogP contribution in [0.2, 0.25) is 0 Å². The van der Waals surface area contributed by atoms with Crippen LogP contribution in [0, 0.1) is 4.91 Å². The zero-order valence-corrected chi connectivity index (χ0v) is 9.05. The Hall–Kier alpha value is -0.860. The van der Waals surface area contributed by atoms with Gasteiger partial charge in [-0.1, -0.05) is 0 Å². The molecule has 0 N–H and O–H groups in total. The Kier molecular flexibility index (Phi) is 2.22. The Morgan fingerprint density at radius 1 is 1.38 bits per heavy atom. The maximum atomic E-state index is 11.8. The van der Waals surface area contributed by atoms with E-state index in [1.807, 2.05) is 33.8 Å². The summed E-state index contributed by atoms with van der Waals surface area (Å²) in [5, 5.41) is 0. The van der Waals surface area contributed by atoms with E-state index in [4.69, 9.17) is 4.74 Å². The maximum absolute atomic E-state index is 11.8. The number of hydrogen-bond donors (Lipinski definition) is 0. The van der Waals surface area contributed by atoms with Crippen LogP contribution in [0.15, 0.2) is 11.8 Å². The van der Waals surface area contributed by atoms with Gasteiger partial charge in [0.25, 0.3) is 0 Å². The molecule has 0 spiro atoms. The third kappa shape index (κ3) is 1.74. The molecule has 0 aliphatic carbocycles. The van der Waals surface area contributed by atoms with Crippen LogP contribution >= 0.6 is 0 Å². The normalized spacial score (nSPS) is 25.3. The highest BCUT2D eigenvalue weighted by Gasteiger charge is 2.50. The summed E-state index contributed by atoms with van der Waals surface area (Å²) < 4.78 is 6.35. The van der Waals surface area contributed by atoms with Crippen LogP contribution in [0.1, 0.15) is 34.1 Å². The van der Waals surface area contributed by atoms with Crippen molar-refractivity contribution >= 4 is 0 Å². The van der Waals surface area contributed by atoms with E-state index in [-0.39, 0.29) is 5.54 Å². The van der Waals surface area contributed by atoms with Gasteiger partial charge in [0.15, 0.2) is 0 Å². The number of nitroso groups, excluding NO2 is 1. The largest absolute Gasteiger partial charge is 0.501 e. The minimum Gasteiger partial charge on any atom is -0.501 e. The van der Waals surface area contributed by atoms with Crippen LogP contribution < -0.4 is 0 Å². The molecule has 3 heteroatoms. The summed E-state index contributed by atoms with van der Waals surface area (Å²) in [6, 6.07) is 0. The SMILES string of the molecule is COC1=CC(C)(C)[N+](=O)C(C)(C)C1. The van der Waals surface area contributed by atoms with E-state index in [0.29, 0.717) is 6.42 Å². The molecule has 0 aromatic carbocycles. The Balaban J connectivity index is 3.09. The average Bonchev–Trinajstić information content (AvgIpc) is 1.99.